The normalized spacial score (nSPS) is 17.8. The van der Waals surface area contributed by atoms with Gasteiger partial charge in [-0.05, 0) is 85.2 Å². The van der Waals surface area contributed by atoms with Gasteiger partial charge < -0.3 is 5.32 Å². The second-order valence-electron chi connectivity index (χ2n) is 10.8. The second kappa shape index (κ2) is 12.5. The van der Waals surface area contributed by atoms with E-state index in [0.29, 0.717) is 12.0 Å². The Hall–Kier alpha value is -3.67. The number of para-hydroxylation sites is 1. The number of fused-ring (bicyclic) bond motifs is 2. The second-order valence-corrected chi connectivity index (χ2v) is 10.8. The average Bonchev–Trinajstić information content (AvgIpc) is 3.41. The lowest BCUT2D eigenvalue weighted by atomic mass is 9.90. The van der Waals surface area contributed by atoms with Crippen LogP contribution in [-0.2, 0) is 26.1 Å². The number of rotatable bonds is 11. The van der Waals surface area contributed by atoms with E-state index < -0.39 is 0 Å². The third-order valence-corrected chi connectivity index (χ3v) is 8.07. The van der Waals surface area contributed by atoms with Crippen LogP contribution in [-0.4, -0.2) is 27.6 Å². The van der Waals surface area contributed by atoms with Gasteiger partial charge in [0, 0.05) is 44.2 Å². The molecule has 39 heavy (non-hydrogen) atoms. The molecule has 2 unspecified atom stereocenters. The minimum absolute atomic E-state index is 0.374. The summed E-state index contributed by atoms with van der Waals surface area (Å²) >= 11 is 0. The summed E-state index contributed by atoms with van der Waals surface area (Å²) in [4.78, 5) is 16.6. The van der Waals surface area contributed by atoms with Crippen LogP contribution in [0.25, 0.3) is 0 Å². The lowest BCUT2D eigenvalue weighted by Gasteiger charge is -2.35. The van der Waals surface area contributed by atoms with Crippen molar-refractivity contribution in [3.8, 4) is 0 Å². The van der Waals surface area contributed by atoms with E-state index in [1.807, 2.05) is 24.5 Å². The first-order valence-electron chi connectivity index (χ1n) is 14.3. The Balaban J connectivity index is 1.11. The molecule has 0 saturated carbocycles. The van der Waals surface area contributed by atoms with E-state index in [4.69, 9.17) is 4.98 Å². The summed E-state index contributed by atoms with van der Waals surface area (Å²) in [5.74, 6) is 0.428. The summed E-state index contributed by atoms with van der Waals surface area (Å²) in [6.07, 6.45) is 11.8. The van der Waals surface area contributed by atoms with Gasteiger partial charge in [-0.1, -0.05) is 54.6 Å². The maximum atomic E-state index is 4.88. The first kappa shape index (κ1) is 25.6. The van der Waals surface area contributed by atoms with Gasteiger partial charge >= 0.3 is 0 Å². The zero-order valence-electron chi connectivity index (χ0n) is 22.5. The zero-order chi connectivity index (χ0) is 26.3. The highest BCUT2D eigenvalue weighted by Crippen LogP contribution is 2.36. The standard InChI is InChI=1S/C34H37N5/c1-2-13-32-31(12-1)29(23-38-32)10-7-21-39(33-14-5-8-28-9-6-20-37-34(28)33)25-27-17-15-26(16-18-27)22-35-24-30-11-3-4-19-36-30/h1-4,6,9,11-13,15-20,23,29,33,35H,5,7-8,10,14,21-22,24-25H2. The third-order valence-electron chi connectivity index (χ3n) is 8.07. The minimum Gasteiger partial charge on any atom is -0.307 e. The molecule has 2 atom stereocenters. The average molecular weight is 516 g/mol. The van der Waals surface area contributed by atoms with Crippen LogP contribution in [0.1, 0.15) is 71.3 Å². The molecule has 0 bridgehead atoms. The molecule has 1 N–H and O–H groups in total. The quantitative estimate of drug-likeness (QED) is 0.235. The van der Waals surface area contributed by atoms with Gasteiger partial charge in [-0.2, -0.15) is 0 Å². The fraction of sp³-hybridized carbons (Fsp3) is 0.324. The van der Waals surface area contributed by atoms with Gasteiger partial charge in [0.25, 0.3) is 0 Å². The summed E-state index contributed by atoms with van der Waals surface area (Å²) in [5.41, 5.74) is 8.94. The molecule has 3 heterocycles. The fourth-order valence-electron chi connectivity index (χ4n) is 6.03. The lowest BCUT2D eigenvalue weighted by molar-refractivity contribution is 0.162. The summed E-state index contributed by atoms with van der Waals surface area (Å²) < 4.78 is 0. The smallest absolute Gasteiger partial charge is 0.0664 e. The first-order valence-corrected chi connectivity index (χ1v) is 14.3. The molecule has 0 fully saturated rings. The number of hydrogen-bond donors (Lipinski definition) is 1. The Bertz CT molecular complexity index is 1380. The molecule has 1 aliphatic carbocycles. The summed E-state index contributed by atoms with van der Waals surface area (Å²) in [5, 5.41) is 3.51. The molecule has 2 aromatic carbocycles. The van der Waals surface area contributed by atoms with Crippen molar-refractivity contribution in [3.63, 3.8) is 0 Å². The van der Waals surface area contributed by atoms with Crippen molar-refractivity contribution < 1.29 is 0 Å². The molecule has 4 aromatic rings. The van der Waals surface area contributed by atoms with Crippen LogP contribution in [0.5, 0.6) is 0 Å². The Kier molecular flexibility index (Phi) is 8.18. The van der Waals surface area contributed by atoms with Crippen LogP contribution in [0.2, 0.25) is 0 Å². The number of nitrogens with one attached hydrogen (secondary N) is 1. The summed E-state index contributed by atoms with van der Waals surface area (Å²) in [7, 11) is 0. The highest BCUT2D eigenvalue weighted by Gasteiger charge is 2.27. The Morgan fingerprint density at radius 3 is 2.56 bits per heavy atom. The summed E-state index contributed by atoms with van der Waals surface area (Å²) in [6, 6.07) is 28.5. The monoisotopic (exact) mass is 515 g/mol. The van der Waals surface area contributed by atoms with Crippen molar-refractivity contribution in [1.82, 2.24) is 20.2 Å². The molecular weight excluding hydrogens is 478 g/mol. The molecule has 5 heteroatoms. The van der Waals surface area contributed by atoms with Gasteiger partial charge in [0.2, 0.25) is 0 Å². The molecule has 2 aromatic heterocycles. The number of hydrogen-bond acceptors (Lipinski definition) is 5. The number of aryl methyl sites for hydroxylation is 1. The molecule has 198 valence electrons. The first-order chi connectivity index (χ1) is 19.3. The Labute approximate surface area is 232 Å². The van der Waals surface area contributed by atoms with E-state index in [1.54, 1.807) is 0 Å². The van der Waals surface area contributed by atoms with E-state index in [0.717, 1.165) is 56.8 Å². The largest absolute Gasteiger partial charge is 0.307 e. The predicted molar refractivity (Wildman–Crippen MR) is 158 cm³/mol. The van der Waals surface area contributed by atoms with Crippen LogP contribution in [0.15, 0.2) is 96.2 Å². The zero-order valence-corrected chi connectivity index (χ0v) is 22.5. The third kappa shape index (κ3) is 6.32. The van der Waals surface area contributed by atoms with Crippen molar-refractivity contribution in [3.05, 3.63) is 125 Å². The molecule has 0 spiro atoms. The van der Waals surface area contributed by atoms with Crippen LogP contribution >= 0.6 is 0 Å². The molecule has 0 amide bonds. The Morgan fingerprint density at radius 1 is 0.821 bits per heavy atom. The maximum absolute atomic E-state index is 4.88. The minimum atomic E-state index is 0.374. The molecule has 0 radical (unpaired) electrons. The highest BCUT2D eigenvalue weighted by atomic mass is 15.2. The maximum Gasteiger partial charge on any atom is 0.0664 e. The van der Waals surface area contributed by atoms with Crippen molar-refractivity contribution in [2.75, 3.05) is 6.54 Å². The Morgan fingerprint density at radius 2 is 1.67 bits per heavy atom. The number of aromatic nitrogens is 2. The molecular formula is C34H37N5. The number of nitrogens with zero attached hydrogens (tertiary/aromatic N) is 4. The van der Waals surface area contributed by atoms with Gasteiger partial charge in [0.15, 0.2) is 0 Å². The number of pyridine rings is 2. The predicted octanol–water partition coefficient (Wildman–Crippen LogP) is 6.93. The van der Waals surface area contributed by atoms with Crippen LogP contribution < -0.4 is 5.32 Å². The topological polar surface area (TPSA) is 53.4 Å². The summed E-state index contributed by atoms with van der Waals surface area (Å²) in [6.45, 7) is 3.61. The van der Waals surface area contributed by atoms with Crippen molar-refractivity contribution >= 4 is 11.9 Å². The molecule has 6 rings (SSSR count). The van der Waals surface area contributed by atoms with E-state index in [2.05, 4.69) is 93.1 Å². The van der Waals surface area contributed by atoms with Gasteiger partial charge in [-0.3, -0.25) is 19.9 Å². The molecule has 5 nitrogen and oxygen atoms in total. The van der Waals surface area contributed by atoms with E-state index in [-0.39, 0.29) is 0 Å². The van der Waals surface area contributed by atoms with Crippen LogP contribution in [0.4, 0.5) is 5.69 Å². The molecule has 1 aliphatic heterocycles. The van der Waals surface area contributed by atoms with Gasteiger partial charge in [-0.15, -0.1) is 0 Å². The molecule has 2 aliphatic rings. The van der Waals surface area contributed by atoms with Gasteiger partial charge in [-0.25, -0.2) is 0 Å². The van der Waals surface area contributed by atoms with Crippen molar-refractivity contribution in [2.24, 2.45) is 4.99 Å². The van der Waals surface area contributed by atoms with Crippen molar-refractivity contribution in [2.45, 2.75) is 63.7 Å². The van der Waals surface area contributed by atoms with Gasteiger partial charge in [0.05, 0.1) is 23.1 Å². The van der Waals surface area contributed by atoms with E-state index >= 15 is 0 Å². The van der Waals surface area contributed by atoms with Gasteiger partial charge in [0.1, 0.15) is 0 Å². The van der Waals surface area contributed by atoms with E-state index in [1.165, 1.54) is 40.8 Å². The van der Waals surface area contributed by atoms with E-state index in [9.17, 15) is 0 Å². The number of benzene rings is 2. The fourth-order valence-corrected chi connectivity index (χ4v) is 6.03. The SMILES string of the molecule is C1=Nc2ccccc2C1CCCN(Cc1ccc(CNCc2ccccn2)cc1)C1CCCc2cccnc21. The lowest BCUT2D eigenvalue weighted by Crippen LogP contribution is -2.32. The van der Waals surface area contributed by atoms with Crippen LogP contribution in [0, 0.1) is 0 Å². The van der Waals surface area contributed by atoms with Crippen LogP contribution in [0.3, 0.4) is 0 Å². The van der Waals surface area contributed by atoms with Crippen molar-refractivity contribution in [1.29, 1.82) is 0 Å². The molecule has 0 saturated heterocycles. The number of aliphatic imine (C=N–C) groups is 1. The highest BCUT2D eigenvalue weighted by molar-refractivity contribution is 5.80.